The summed E-state index contributed by atoms with van der Waals surface area (Å²) in [7, 11) is 3.12. The van der Waals surface area contributed by atoms with Crippen LogP contribution >= 0.6 is 0 Å². The van der Waals surface area contributed by atoms with Crippen LogP contribution in [0.3, 0.4) is 0 Å². The zero-order valence-electron chi connectivity index (χ0n) is 7.87. The lowest BCUT2D eigenvalue weighted by Crippen LogP contribution is -2.30. The van der Waals surface area contributed by atoms with Crippen LogP contribution in [0.15, 0.2) is 0 Å². The maximum absolute atomic E-state index is 11.5. The van der Waals surface area contributed by atoms with Gasteiger partial charge in [-0.25, -0.2) is 0 Å². The first-order valence-electron chi connectivity index (χ1n) is 4.30. The van der Waals surface area contributed by atoms with Crippen molar-refractivity contribution in [3.05, 3.63) is 0 Å². The van der Waals surface area contributed by atoms with Gasteiger partial charge in [0.2, 0.25) is 0 Å². The summed E-state index contributed by atoms with van der Waals surface area (Å²) in [6, 6.07) is 0. The van der Waals surface area contributed by atoms with Gasteiger partial charge in [-0.15, -0.1) is 0 Å². The van der Waals surface area contributed by atoms with Crippen LogP contribution < -0.4 is 0 Å². The largest absolute Gasteiger partial charge is 0.355 e. The van der Waals surface area contributed by atoms with Gasteiger partial charge in [-0.2, -0.15) is 0 Å². The zero-order chi connectivity index (χ0) is 9.14. The number of carbonyl (C=O) groups excluding carboxylic acids is 1. The molecule has 1 aliphatic carbocycles. The van der Waals surface area contributed by atoms with Crippen LogP contribution in [0.2, 0.25) is 0 Å². The molecule has 0 aromatic carbocycles. The van der Waals surface area contributed by atoms with Gasteiger partial charge >= 0.3 is 0 Å². The molecule has 12 heavy (non-hydrogen) atoms. The van der Waals surface area contributed by atoms with E-state index in [-0.39, 0.29) is 23.9 Å². The summed E-state index contributed by atoms with van der Waals surface area (Å²) in [5.41, 5.74) is 0. The first-order chi connectivity index (χ1) is 5.70. The second kappa shape index (κ2) is 4.01. The summed E-state index contributed by atoms with van der Waals surface area (Å²) in [5.74, 6) is 0.434. The first-order valence-corrected chi connectivity index (χ1v) is 4.30. The molecule has 0 aromatic rings. The molecule has 1 aliphatic rings. The summed E-state index contributed by atoms with van der Waals surface area (Å²) < 4.78 is 10.0. The molecule has 0 heterocycles. The number of hydrogen-bond acceptors (Lipinski definition) is 3. The normalized spacial score (nSPS) is 19.7. The van der Waals surface area contributed by atoms with Crippen LogP contribution in [0.25, 0.3) is 0 Å². The van der Waals surface area contributed by atoms with E-state index in [1.165, 1.54) is 0 Å². The highest BCUT2D eigenvalue weighted by Crippen LogP contribution is 2.33. The first kappa shape index (κ1) is 9.68. The zero-order valence-corrected chi connectivity index (χ0v) is 7.87. The minimum absolute atomic E-state index is 0.132. The molecular weight excluding hydrogens is 156 g/mol. The van der Waals surface area contributed by atoms with Crippen molar-refractivity contribution >= 4 is 5.78 Å². The van der Waals surface area contributed by atoms with Crippen molar-refractivity contribution in [2.75, 3.05) is 14.2 Å². The standard InChI is InChI=1S/C9H16O3/c1-6(9(11-2)12-3)8(10)7-4-5-7/h6-7,9H,4-5H2,1-3H3. The third kappa shape index (κ3) is 2.05. The molecule has 0 spiro atoms. The number of ether oxygens (including phenoxy) is 2. The molecule has 1 atom stereocenters. The predicted octanol–water partition coefficient (Wildman–Crippen LogP) is 1.22. The lowest BCUT2D eigenvalue weighted by atomic mass is 10.0. The van der Waals surface area contributed by atoms with E-state index in [1.54, 1.807) is 14.2 Å². The highest BCUT2D eigenvalue weighted by molar-refractivity contribution is 5.85. The minimum Gasteiger partial charge on any atom is -0.355 e. The van der Waals surface area contributed by atoms with Crippen LogP contribution in [-0.2, 0) is 14.3 Å². The molecule has 1 rings (SSSR count). The summed E-state index contributed by atoms with van der Waals surface area (Å²) in [6.45, 7) is 1.86. The number of rotatable bonds is 5. The third-order valence-corrected chi connectivity index (χ3v) is 2.30. The van der Waals surface area contributed by atoms with Gasteiger partial charge in [0.05, 0.1) is 5.92 Å². The second-order valence-electron chi connectivity index (χ2n) is 3.31. The number of Topliss-reactive ketones (excluding diaryl/α,β-unsaturated/α-hetero) is 1. The second-order valence-corrected chi connectivity index (χ2v) is 3.31. The van der Waals surface area contributed by atoms with E-state index in [9.17, 15) is 4.79 Å². The van der Waals surface area contributed by atoms with Gasteiger partial charge in [-0.1, -0.05) is 6.92 Å². The summed E-state index contributed by atoms with van der Waals surface area (Å²) >= 11 is 0. The van der Waals surface area contributed by atoms with Gasteiger partial charge in [-0.3, -0.25) is 4.79 Å². The Hall–Kier alpha value is -0.410. The fourth-order valence-corrected chi connectivity index (χ4v) is 1.38. The highest BCUT2D eigenvalue weighted by Gasteiger charge is 2.36. The smallest absolute Gasteiger partial charge is 0.166 e. The highest BCUT2D eigenvalue weighted by atomic mass is 16.7. The van der Waals surface area contributed by atoms with Crippen LogP contribution in [0.4, 0.5) is 0 Å². The van der Waals surface area contributed by atoms with Crippen molar-refractivity contribution in [3.63, 3.8) is 0 Å². The quantitative estimate of drug-likeness (QED) is 0.585. The molecule has 0 radical (unpaired) electrons. The van der Waals surface area contributed by atoms with Gasteiger partial charge in [0, 0.05) is 20.1 Å². The average molecular weight is 172 g/mol. The fraction of sp³-hybridized carbons (Fsp3) is 0.889. The fourth-order valence-electron chi connectivity index (χ4n) is 1.38. The van der Waals surface area contributed by atoms with Crippen LogP contribution in [0.5, 0.6) is 0 Å². The molecule has 1 fully saturated rings. The van der Waals surface area contributed by atoms with Crippen LogP contribution in [-0.4, -0.2) is 26.3 Å². The topological polar surface area (TPSA) is 35.5 Å². The number of methoxy groups -OCH3 is 2. The van der Waals surface area contributed by atoms with E-state index in [0.29, 0.717) is 0 Å². The summed E-state index contributed by atoms with van der Waals surface area (Å²) in [6.07, 6.45) is 1.71. The minimum atomic E-state index is -0.377. The Morgan fingerprint density at radius 1 is 1.33 bits per heavy atom. The molecule has 3 nitrogen and oxygen atoms in total. The Bertz CT molecular complexity index is 159. The molecule has 0 aliphatic heterocycles. The van der Waals surface area contributed by atoms with E-state index in [0.717, 1.165) is 12.8 Å². The Labute approximate surface area is 73.0 Å². The Morgan fingerprint density at radius 3 is 2.17 bits per heavy atom. The summed E-state index contributed by atoms with van der Waals surface area (Å²) in [5, 5.41) is 0. The molecule has 70 valence electrons. The van der Waals surface area contributed by atoms with E-state index in [2.05, 4.69) is 0 Å². The molecule has 0 saturated heterocycles. The molecule has 0 aromatic heterocycles. The number of ketones is 1. The number of hydrogen-bond donors (Lipinski definition) is 0. The Morgan fingerprint density at radius 2 is 1.83 bits per heavy atom. The van der Waals surface area contributed by atoms with Crippen molar-refractivity contribution in [1.82, 2.24) is 0 Å². The molecule has 1 unspecified atom stereocenters. The molecule has 0 bridgehead atoms. The molecule has 0 amide bonds. The van der Waals surface area contributed by atoms with Crippen molar-refractivity contribution in [1.29, 1.82) is 0 Å². The molecular formula is C9H16O3. The van der Waals surface area contributed by atoms with Crippen molar-refractivity contribution < 1.29 is 14.3 Å². The van der Waals surface area contributed by atoms with E-state index < -0.39 is 0 Å². The Balaban J connectivity index is 2.42. The van der Waals surface area contributed by atoms with Gasteiger partial charge in [0.1, 0.15) is 5.78 Å². The predicted molar refractivity (Wildman–Crippen MR) is 44.7 cm³/mol. The van der Waals surface area contributed by atoms with Gasteiger partial charge in [0.15, 0.2) is 6.29 Å². The maximum Gasteiger partial charge on any atom is 0.166 e. The van der Waals surface area contributed by atoms with Crippen LogP contribution in [0.1, 0.15) is 19.8 Å². The van der Waals surface area contributed by atoms with E-state index >= 15 is 0 Å². The summed E-state index contributed by atoms with van der Waals surface area (Å²) in [4.78, 5) is 11.5. The Kier molecular flexibility index (Phi) is 3.23. The van der Waals surface area contributed by atoms with E-state index in [1.807, 2.05) is 6.92 Å². The van der Waals surface area contributed by atoms with E-state index in [4.69, 9.17) is 9.47 Å². The van der Waals surface area contributed by atoms with Gasteiger partial charge in [-0.05, 0) is 12.8 Å². The van der Waals surface area contributed by atoms with Gasteiger partial charge < -0.3 is 9.47 Å². The SMILES string of the molecule is COC(OC)C(C)C(=O)C1CC1. The molecule has 3 heteroatoms. The van der Waals surface area contributed by atoms with Crippen molar-refractivity contribution in [2.24, 2.45) is 11.8 Å². The maximum atomic E-state index is 11.5. The molecule has 0 N–H and O–H groups in total. The lowest BCUT2D eigenvalue weighted by molar-refractivity contribution is -0.154. The third-order valence-electron chi connectivity index (χ3n) is 2.30. The molecule has 1 saturated carbocycles. The monoisotopic (exact) mass is 172 g/mol. The van der Waals surface area contributed by atoms with Crippen LogP contribution in [0, 0.1) is 11.8 Å². The number of carbonyl (C=O) groups is 1. The van der Waals surface area contributed by atoms with Crippen molar-refractivity contribution in [3.8, 4) is 0 Å². The average Bonchev–Trinajstić information content (AvgIpc) is 2.87. The van der Waals surface area contributed by atoms with Crippen molar-refractivity contribution in [2.45, 2.75) is 26.1 Å². The lowest BCUT2D eigenvalue weighted by Gasteiger charge is -2.19. The van der Waals surface area contributed by atoms with Gasteiger partial charge in [0.25, 0.3) is 0 Å².